The number of aromatic nitrogens is 2. The van der Waals surface area contributed by atoms with Crippen molar-refractivity contribution in [1.29, 1.82) is 0 Å². The molecule has 0 radical (unpaired) electrons. The Kier molecular flexibility index (Phi) is 7.88. The summed E-state index contributed by atoms with van der Waals surface area (Å²) in [5.74, 6) is -0.253. The van der Waals surface area contributed by atoms with E-state index in [2.05, 4.69) is 29.6 Å². The van der Waals surface area contributed by atoms with Crippen molar-refractivity contribution in [2.75, 3.05) is 11.9 Å². The molecule has 3 rings (SSSR count). The van der Waals surface area contributed by atoms with Crippen LogP contribution in [0.15, 0.2) is 0 Å². The first-order chi connectivity index (χ1) is 14.5. The van der Waals surface area contributed by atoms with Gasteiger partial charge in [0.1, 0.15) is 5.00 Å². The molecule has 0 aliphatic heterocycles. The molecule has 0 saturated heterocycles. The van der Waals surface area contributed by atoms with Crippen molar-refractivity contribution in [3.63, 3.8) is 0 Å². The zero-order valence-electron chi connectivity index (χ0n) is 18.4. The highest BCUT2D eigenvalue weighted by molar-refractivity contribution is 7.80. The van der Waals surface area contributed by atoms with E-state index in [0.717, 1.165) is 59.7 Å². The van der Waals surface area contributed by atoms with Crippen LogP contribution in [0.3, 0.4) is 0 Å². The Hall–Kier alpha value is -1.93. The van der Waals surface area contributed by atoms with Crippen molar-refractivity contribution >= 4 is 39.6 Å². The number of thiocarbonyl (C=S) groups is 1. The molecule has 2 N–H and O–H groups in total. The summed E-state index contributed by atoms with van der Waals surface area (Å²) < 4.78 is 7.38. The van der Waals surface area contributed by atoms with Crippen molar-refractivity contribution in [3.8, 4) is 0 Å². The predicted octanol–water partition coefficient (Wildman–Crippen LogP) is 4.90. The number of esters is 1. The zero-order chi connectivity index (χ0) is 21.7. The number of ether oxygens (including phenoxy) is 1. The Balaban J connectivity index is 1.78. The number of fused-ring (bicyclic) bond motifs is 1. The fraction of sp³-hybridized carbons (Fsp3) is 0.591. The second-order valence-electron chi connectivity index (χ2n) is 7.62. The fourth-order valence-corrected chi connectivity index (χ4v) is 5.56. The molecule has 0 aromatic carbocycles. The van der Waals surface area contributed by atoms with Crippen LogP contribution in [-0.4, -0.2) is 27.5 Å². The van der Waals surface area contributed by atoms with Gasteiger partial charge in [0, 0.05) is 29.2 Å². The van der Waals surface area contributed by atoms with E-state index in [0.29, 0.717) is 23.8 Å². The van der Waals surface area contributed by atoms with Crippen LogP contribution in [0.2, 0.25) is 0 Å². The average molecular weight is 449 g/mol. The first-order valence-electron chi connectivity index (χ1n) is 10.9. The predicted molar refractivity (Wildman–Crippen MR) is 127 cm³/mol. The minimum absolute atomic E-state index is 0.253. The summed E-state index contributed by atoms with van der Waals surface area (Å²) in [6.45, 7) is 9.84. The number of hydrogen-bond donors (Lipinski definition) is 2. The number of hydrogen-bond acceptors (Lipinski definition) is 5. The number of aryl methyl sites for hydroxylation is 3. The lowest BCUT2D eigenvalue weighted by atomic mass is 9.96. The number of carbonyl (C=O) groups excluding carboxylic acids is 1. The maximum atomic E-state index is 12.8. The van der Waals surface area contributed by atoms with Gasteiger partial charge in [-0.05, 0) is 71.2 Å². The molecule has 2 aromatic heterocycles. The molecular formula is C22H32N4O2S2. The number of nitrogens with one attached hydrogen (secondary N) is 2. The van der Waals surface area contributed by atoms with Gasteiger partial charge in [0.15, 0.2) is 5.11 Å². The van der Waals surface area contributed by atoms with Crippen LogP contribution in [0, 0.1) is 13.8 Å². The Labute approximate surface area is 188 Å². The normalized spacial score (nSPS) is 13.9. The van der Waals surface area contributed by atoms with Gasteiger partial charge < -0.3 is 15.4 Å². The molecule has 6 nitrogen and oxygen atoms in total. The maximum Gasteiger partial charge on any atom is 0.341 e. The third-order valence-electron chi connectivity index (χ3n) is 5.63. The van der Waals surface area contributed by atoms with Gasteiger partial charge in [-0.25, -0.2) is 4.79 Å². The minimum atomic E-state index is -0.253. The summed E-state index contributed by atoms with van der Waals surface area (Å²) in [5, 5.41) is 12.5. The number of rotatable bonds is 6. The molecule has 2 aromatic rings. The SMILES string of the molecule is CCOC(=O)c1c(NC(=S)NCc2c(C)nn(CC)c2C)sc2c1CCCCCC2. The van der Waals surface area contributed by atoms with E-state index in [9.17, 15) is 4.79 Å². The number of carbonyl (C=O) groups is 1. The summed E-state index contributed by atoms with van der Waals surface area (Å²) in [4.78, 5) is 14.0. The Bertz CT molecular complexity index is 917. The van der Waals surface area contributed by atoms with Crippen LogP contribution in [0.4, 0.5) is 5.00 Å². The number of thiophene rings is 1. The van der Waals surface area contributed by atoms with Crippen LogP contribution < -0.4 is 10.6 Å². The third-order valence-corrected chi connectivity index (χ3v) is 7.09. The topological polar surface area (TPSA) is 68.2 Å². The number of nitrogens with zero attached hydrogens (tertiary/aromatic N) is 2. The molecule has 0 atom stereocenters. The van der Waals surface area contributed by atoms with Gasteiger partial charge in [-0.2, -0.15) is 5.10 Å². The van der Waals surface area contributed by atoms with E-state index in [1.165, 1.54) is 17.7 Å². The Morgan fingerprint density at radius 2 is 1.93 bits per heavy atom. The lowest BCUT2D eigenvalue weighted by molar-refractivity contribution is 0.0526. The largest absolute Gasteiger partial charge is 0.462 e. The fourth-order valence-electron chi connectivity index (χ4n) is 4.04. The van der Waals surface area contributed by atoms with Crippen LogP contribution in [0.1, 0.15) is 77.3 Å². The molecule has 164 valence electrons. The summed E-state index contributed by atoms with van der Waals surface area (Å²) in [6.07, 6.45) is 6.68. The maximum absolute atomic E-state index is 12.8. The quantitative estimate of drug-likeness (QED) is 0.484. The molecule has 2 heterocycles. The molecule has 1 aliphatic rings. The van der Waals surface area contributed by atoms with Crippen molar-refractivity contribution in [1.82, 2.24) is 15.1 Å². The lowest BCUT2D eigenvalue weighted by Gasteiger charge is -2.13. The Morgan fingerprint density at radius 3 is 2.60 bits per heavy atom. The van der Waals surface area contributed by atoms with E-state index < -0.39 is 0 Å². The van der Waals surface area contributed by atoms with Gasteiger partial charge in [0.2, 0.25) is 0 Å². The summed E-state index contributed by atoms with van der Waals surface area (Å²) in [6, 6.07) is 0. The molecule has 0 spiro atoms. The third kappa shape index (κ3) is 5.03. The van der Waals surface area contributed by atoms with Crippen LogP contribution in [0.25, 0.3) is 0 Å². The van der Waals surface area contributed by atoms with Gasteiger partial charge in [0.05, 0.1) is 17.9 Å². The van der Waals surface area contributed by atoms with Crippen LogP contribution in [0.5, 0.6) is 0 Å². The second-order valence-corrected chi connectivity index (χ2v) is 9.13. The van der Waals surface area contributed by atoms with Crippen molar-refractivity contribution in [2.45, 2.75) is 79.3 Å². The molecule has 0 fully saturated rings. The monoisotopic (exact) mass is 448 g/mol. The molecule has 0 saturated carbocycles. The van der Waals surface area contributed by atoms with Gasteiger partial charge >= 0.3 is 5.97 Å². The van der Waals surface area contributed by atoms with E-state index in [-0.39, 0.29) is 5.97 Å². The van der Waals surface area contributed by atoms with Gasteiger partial charge in [-0.3, -0.25) is 4.68 Å². The molecular weight excluding hydrogens is 416 g/mol. The number of anilines is 1. The molecule has 0 bridgehead atoms. The first kappa shape index (κ1) is 22.7. The Morgan fingerprint density at radius 1 is 1.20 bits per heavy atom. The van der Waals surface area contributed by atoms with Crippen LogP contribution in [-0.2, 0) is 30.7 Å². The van der Waals surface area contributed by atoms with Crippen molar-refractivity contribution in [3.05, 3.63) is 33.0 Å². The smallest absolute Gasteiger partial charge is 0.341 e. The van der Waals surface area contributed by atoms with Gasteiger partial charge in [-0.1, -0.05) is 12.8 Å². The summed E-state index contributed by atoms with van der Waals surface area (Å²) in [7, 11) is 0. The van der Waals surface area contributed by atoms with Gasteiger partial charge in [-0.15, -0.1) is 11.3 Å². The molecule has 0 amide bonds. The van der Waals surface area contributed by atoms with Crippen LogP contribution >= 0.6 is 23.6 Å². The zero-order valence-corrected chi connectivity index (χ0v) is 20.0. The molecule has 30 heavy (non-hydrogen) atoms. The van der Waals surface area contributed by atoms with Crippen molar-refractivity contribution in [2.24, 2.45) is 0 Å². The average Bonchev–Trinajstić information content (AvgIpc) is 3.16. The minimum Gasteiger partial charge on any atom is -0.462 e. The van der Waals surface area contributed by atoms with E-state index in [1.54, 1.807) is 11.3 Å². The van der Waals surface area contributed by atoms with E-state index in [4.69, 9.17) is 17.0 Å². The highest BCUT2D eigenvalue weighted by Crippen LogP contribution is 2.37. The summed E-state index contributed by atoms with van der Waals surface area (Å²) in [5.41, 5.74) is 5.14. The van der Waals surface area contributed by atoms with Gasteiger partial charge in [0.25, 0.3) is 0 Å². The lowest BCUT2D eigenvalue weighted by Crippen LogP contribution is -2.28. The highest BCUT2D eigenvalue weighted by atomic mass is 32.1. The summed E-state index contributed by atoms with van der Waals surface area (Å²) >= 11 is 7.21. The highest BCUT2D eigenvalue weighted by Gasteiger charge is 2.25. The first-order valence-corrected chi connectivity index (χ1v) is 12.1. The molecule has 1 aliphatic carbocycles. The standard InChI is InChI=1S/C22H32N4O2S2/c1-5-26-15(4)17(14(3)25-26)13-23-22(29)24-20-19(21(27)28-6-2)16-11-9-7-8-10-12-18(16)30-20/h5-13H2,1-4H3,(H2,23,24,29). The van der Waals surface area contributed by atoms with E-state index in [1.807, 2.05) is 18.5 Å². The molecule has 8 heteroatoms. The molecule has 0 unspecified atom stereocenters. The second kappa shape index (κ2) is 10.4. The van der Waals surface area contributed by atoms with Crippen molar-refractivity contribution < 1.29 is 9.53 Å². The van der Waals surface area contributed by atoms with E-state index >= 15 is 0 Å².